The summed E-state index contributed by atoms with van der Waals surface area (Å²) in [5.74, 6) is 2.85. The third-order valence-electron chi connectivity index (χ3n) is 5.04. The van der Waals surface area contributed by atoms with Gasteiger partial charge in [0.05, 0.1) is 0 Å². The van der Waals surface area contributed by atoms with Crippen LogP contribution in [-0.2, 0) is 0 Å². The molecule has 110 valence electrons. The second kappa shape index (κ2) is 4.79. The Hall–Kier alpha value is -1.98. The molecule has 1 N–H and O–H groups in total. The van der Waals surface area contributed by atoms with Crippen LogP contribution in [-0.4, -0.2) is 32.0 Å². The number of carbonyl (C=O) groups excluding carboxylic acids is 1. The van der Waals surface area contributed by atoms with Crippen molar-refractivity contribution in [1.29, 1.82) is 0 Å². The molecule has 21 heavy (non-hydrogen) atoms. The molecule has 0 spiro atoms. The first-order chi connectivity index (χ1) is 10.2. The van der Waals surface area contributed by atoms with Crippen molar-refractivity contribution < 1.29 is 4.79 Å². The van der Waals surface area contributed by atoms with Crippen LogP contribution >= 0.6 is 0 Å². The molecule has 2 heterocycles. The summed E-state index contributed by atoms with van der Waals surface area (Å²) in [6.45, 7) is 2.67. The molecule has 0 unspecified atom stereocenters. The third-order valence-corrected chi connectivity index (χ3v) is 5.04. The smallest absolute Gasteiger partial charge is 0.291 e. The van der Waals surface area contributed by atoms with Gasteiger partial charge in [0.2, 0.25) is 5.82 Å². The summed E-state index contributed by atoms with van der Waals surface area (Å²) in [6.07, 6.45) is 7.02. The maximum absolute atomic E-state index is 12.2. The van der Waals surface area contributed by atoms with Crippen molar-refractivity contribution in [3.05, 3.63) is 23.8 Å². The molecule has 0 aliphatic heterocycles. The highest BCUT2D eigenvalue weighted by atomic mass is 16.2. The molecule has 1 amide bonds. The van der Waals surface area contributed by atoms with Gasteiger partial charge in [0.1, 0.15) is 0 Å². The van der Waals surface area contributed by atoms with E-state index in [1.54, 1.807) is 10.7 Å². The van der Waals surface area contributed by atoms with E-state index >= 15 is 0 Å². The largest absolute Gasteiger partial charge is 0.349 e. The lowest BCUT2D eigenvalue weighted by Crippen LogP contribution is -2.32. The number of fused-ring (bicyclic) bond motifs is 3. The number of hydrogen-bond acceptors (Lipinski definition) is 4. The molecule has 6 nitrogen and oxygen atoms in total. The number of hydrogen-bond donors (Lipinski definition) is 1. The Bertz CT molecular complexity index is 694. The van der Waals surface area contributed by atoms with Crippen molar-refractivity contribution in [2.24, 2.45) is 17.8 Å². The standard InChI is InChI=1S/C15H19N5O/c1-9-4-5-16-15-18-13(19-20(9)15)14(21)17-8-12-7-10-2-3-11(12)6-10/h4-5,10-12H,2-3,6-8H2,1H3,(H,17,21)/t10-,11-,12-/m0/s1. The maximum Gasteiger partial charge on any atom is 0.291 e. The summed E-state index contributed by atoms with van der Waals surface area (Å²) >= 11 is 0. The van der Waals surface area contributed by atoms with E-state index in [0.29, 0.717) is 11.7 Å². The van der Waals surface area contributed by atoms with Crippen molar-refractivity contribution >= 4 is 11.7 Å². The number of amides is 1. The molecule has 2 fully saturated rings. The minimum atomic E-state index is -0.192. The fourth-order valence-electron chi connectivity index (χ4n) is 3.93. The highest BCUT2D eigenvalue weighted by Gasteiger charge is 2.39. The van der Waals surface area contributed by atoms with E-state index in [1.807, 2.05) is 13.0 Å². The average Bonchev–Trinajstić information content (AvgIpc) is 3.19. The Kier molecular flexibility index (Phi) is 2.90. The van der Waals surface area contributed by atoms with Crippen molar-refractivity contribution in [3.8, 4) is 0 Å². The van der Waals surface area contributed by atoms with Crippen molar-refractivity contribution in [2.45, 2.75) is 32.6 Å². The quantitative estimate of drug-likeness (QED) is 0.929. The van der Waals surface area contributed by atoms with Crippen LogP contribution in [0.5, 0.6) is 0 Å². The van der Waals surface area contributed by atoms with Crippen molar-refractivity contribution in [3.63, 3.8) is 0 Å². The van der Waals surface area contributed by atoms with E-state index in [9.17, 15) is 4.79 Å². The minimum Gasteiger partial charge on any atom is -0.349 e. The summed E-state index contributed by atoms with van der Waals surface area (Å²) in [7, 11) is 0. The van der Waals surface area contributed by atoms with Gasteiger partial charge in [0, 0.05) is 18.4 Å². The summed E-state index contributed by atoms with van der Waals surface area (Å²) in [4.78, 5) is 20.5. The van der Waals surface area contributed by atoms with E-state index < -0.39 is 0 Å². The Morgan fingerprint density at radius 3 is 3.05 bits per heavy atom. The Morgan fingerprint density at radius 1 is 1.43 bits per heavy atom. The van der Waals surface area contributed by atoms with Gasteiger partial charge >= 0.3 is 0 Å². The first-order valence-electron chi connectivity index (χ1n) is 7.67. The van der Waals surface area contributed by atoms with Crippen molar-refractivity contribution in [2.75, 3.05) is 6.54 Å². The highest BCUT2D eigenvalue weighted by Crippen LogP contribution is 2.47. The number of nitrogens with one attached hydrogen (secondary N) is 1. The predicted molar refractivity (Wildman–Crippen MR) is 76.8 cm³/mol. The third kappa shape index (κ3) is 2.18. The van der Waals surface area contributed by atoms with Crippen LogP contribution < -0.4 is 5.32 Å². The van der Waals surface area contributed by atoms with Crippen LogP contribution in [0.1, 0.15) is 42.0 Å². The van der Waals surface area contributed by atoms with E-state index in [-0.39, 0.29) is 11.7 Å². The summed E-state index contributed by atoms with van der Waals surface area (Å²) in [5.41, 5.74) is 0.916. The van der Waals surface area contributed by atoms with Crippen LogP contribution in [0.4, 0.5) is 0 Å². The Labute approximate surface area is 123 Å². The fraction of sp³-hybridized carbons (Fsp3) is 0.600. The summed E-state index contributed by atoms with van der Waals surface area (Å²) < 4.78 is 1.60. The first kappa shape index (κ1) is 12.7. The molecule has 3 atom stereocenters. The monoisotopic (exact) mass is 285 g/mol. The molecule has 2 saturated carbocycles. The molecule has 2 aromatic heterocycles. The predicted octanol–water partition coefficient (Wildman–Crippen LogP) is 1.60. The van der Waals surface area contributed by atoms with Gasteiger partial charge in [-0.3, -0.25) is 4.79 Å². The number of rotatable bonds is 3. The maximum atomic E-state index is 12.2. The van der Waals surface area contributed by atoms with Gasteiger partial charge in [-0.25, -0.2) is 9.50 Å². The zero-order valence-corrected chi connectivity index (χ0v) is 12.1. The number of aromatic nitrogens is 4. The topological polar surface area (TPSA) is 72.2 Å². The van der Waals surface area contributed by atoms with Gasteiger partial charge in [-0.1, -0.05) is 6.42 Å². The normalized spacial score (nSPS) is 27.4. The fourth-order valence-corrected chi connectivity index (χ4v) is 3.93. The van der Waals surface area contributed by atoms with E-state index in [1.165, 1.54) is 25.7 Å². The average molecular weight is 285 g/mol. The van der Waals surface area contributed by atoms with Gasteiger partial charge in [0.25, 0.3) is 11.7 Å². The molecule has 2 aliphatic rings. The van der Waals surface area contributed by atoms with E-state index in [0.717, 1.165) is 24.1 Å². The molecule has 6 heteroatoms. The SMILES string of the molecule is Cc1ccnc2nc(C(=O)NC[C@@H]3C[C@H]4CC[C@H]3C4)nn12. The Morgan fingerprint density at radius 2 is 2.33 bits per heavy atom. The van der Waals surface area contributed by atoms with Crippen LogP contribution in [0.2, 0.25) is 0 Å². The molecular formula is C15H19N5O. The molecule has 4 rings (SSSR count). The second-order valence-electron chi connectivity index (χ2n) is 6.38. The van der Waals surface area contributed by atoms with E-state index in [4.69, 9.17) is 0 Å². The number of nitrogens with zero attached hydrogens (tertiary/aromatic N) is 4. The van der Waals surface area contributed by atoms with Crippen molar-refractivity contribution in [1.82, 2.24) is 24.9 Å². The van der Waals surface area contributed by atoms with Gasteiger partial charge in [-0.05, 0) is 50.0 Å². The van der Waals surface area contributed by atoms with Gasteiger partial charge in [-0.15, -0.1) is 5.10 Å². The van der Waals surface area contributed by atoms with Crippen LogP contribution in [0.3, 0.4) is 0 Å². The summed E-state index contributed by atoms with van der Waals surface area (Å²) in [5, 5.41) is 7.24. The molecule has 0 aromatic carbocycles. The van der Waals surface area contributed by atoms with Crippen LogP contribution in [0, 0.1) is 24.7 Å². The lowest BCUT2D eigenvalue weighted by Gasteiger charge is -2.21. The number of aryl methyl sites for hydroxylation is 1. The highest BCUT2D eigenvalue weighted by molar-refractivity contribution is 5.90. The van der Waals surface area contributed by atoms with Gasteiger partial charge < -0.3 is 5.32 Å². The lowest BCUT2D eigenvalue weighted by atomic mass is 9.89. The molecule has 0 radical (unpaired) electrons. The lowest BCUT2D eigenvalue weighted by molar-refractivity contribution is 0.0931. The number of carbonyl (C=O) groups is 1. The summed E-state index contributed by atoms with van der Waals surface area (Å²) in [6, 6.07) is 1.85. The molecule has 2 aromatic rings. The van der Waals surface area contributed by atoms with Gasteiger partial charge in [0.15, 0.2) is 0 Å². The molecule has 2 aliphatic carbocycles. The second-order valence-corrected chi connectivity index (χ2v) is 6.38. The zero-order chi connectivity index (χ0) is 14.4. The van der Waals surface area contributed by atoms with Gasteiger partial charge in [-0.2, -0.15) is 4.98 Å². The molecule has 0 saturated heterocycles. The minimum absolute atomic E-state index is 0.192. The van der Waals surface area contributed by atoms with E-state index in [2.05, 4.69) is 20.4 Å². The van der Waals surface area contributed by atoms with Crippen LogP contribution in [0.25, 0.3) is 5.78 Å². The Balaban J connectivity index is 1.45. The van der Waals surface area contributed by atoms with Crippen LogP contribution in [0.15, 0.2) is 12.3 Å². The molecule has 2 bridgehead atoms. The zero-order valence-electron chi connectivity index (χ0n) is 12.1. The molecular weight excluding hydrogens is 266 g/mol. The first-order valence-corrected chi connectivity index (χ1v) is 7.67.